The van der Waals surface area contributed by atoms with E-state index in [2.05, 4.69) is 5.10 Å². The van der Waals surface area contributed by atoms with Gasteiger partial charge in [0.2, 0.25) is 0 Å². The maximum absolute atomic E-state index is 12.0. The molecule has 0 spiro atoms. The molecule has 2 atom stereocenters. The highest BCUT2D eigenvalue weighted by molar-refractivity contribution is 7.85. The highest BCUT2D eigenvalue weighted by Gasteiger charge is 2.30. The zero-order valence-corrected chi connectivity index (χ0v) is 12.4. The lowest BCUT2D eigenvalue weighted by molar-refractivity contribution is -0.130. The van der Waals surface area contributed by atoms with Gasteiger partial charge in [0, 0.05) is 17.2 Å². The molecular formula is C14H18N2O2S. The molecule has 0 bridgehead atoms. The van der Waals surface area contributed by atoms with Gasteiger partial charge in [-0.15, -0.1) is 0 Å². The molecule has 0 N–H and O–H groups in total. The second kappa shape index (κ2) is 5.25. The van der Waals surface area contributed by atoms with Crippen LogP contribution in [0.5, 0.6) is 0 Å². The van der Waals surface area contributed by atoms with Crippen LogP contribution in [-0.2, 0) is 15.6 Å². The zero-order valence-electron chi connectivity index (χ0n) is 11.6. The zero-order chi connectivity index (χ0) is 14.2. The molecule has 1 aromatic rings. The summed E-state index contributed by atoms with van der Waals surface area (Å²) in [5.74, 6) is -0.212. The number of rotatable bonds is 3. The Bertz CT molecular complexity index is 549. The lowest BCUT2D eigenvalue weighted by atomic mass is 9.99. The summed E-state index contributed by atoms with van der Waals surface area (Å²) in [6.45, 7) is 5.71. The predicted octanol–water partition coefficient (Wildman–Crippen LogP) is 2.01. The molecule has 2 unspecified atom stereocenters. The molecule has 0 radical (unpaired) electrons. The number of carbonyl (C=O) groups is 1. The molecule has 0 aliphatic carbocycles. The van der Waals surface area contributed by atoms with Crippen molar-refractivity contribution in [2.75, 3.05) is 7.05 Å². The van der Waals surface area contributed by atoms with Crippen LogP contribution in [0.3, 0.4) is 0 Å². The number of carbonyl (C=O) groups excluding carboxylic acids is 1. The first-order valence-corrected chi connectivity index (χ1v) is 7.50. The normalized spacial score (nSPS) is 20.9. The van der Waals surface area contributed by atoms with E-state index in [-0.39, 0.29) is 17.1 Å². The van der Waals surface area contributed by atoms with Crippen molar-refractivity contribution in [1.82, 2.24) is 5.01 Å². The minimum absolute atomic E-state index is 0.00448. The van der Waals surface area contributed by atoms with E-state index in [1.54, 1.807) is 7.05 Å². The Hall–Kier alpha value is -1.49. The highest BCUT2D eigenvalue weighted by Crippen LogP contribution is 2.21. The Labute approximate surface area is 116 Å². The van der Waals surface area contributed by atoms with Gasteiger partial charge in [-0.25, -0.2) is 5.01 Å². The fourth-order valence-corrected chi connectivity index (χ4v) is 2.98. The molecule has 1 heterocycles. The van der Waals surface area contributed by atoms with Crippen LogP contribution in [0.4, 0.5) is 0 Å². The summed E-state index contributed by atoms with van der Waals surface area (Å²) in [5.41, 5.74) is 1.68. The fourth-order valence-electron chi connectivity index (χ4n) is 2.03. The number of benzene rings is 1. The topological polar surface area (TPSA) is 49.7 Å². The van der Waals surface area contributed by atoms with E-state index in [4.69, 9.17) is 0 Å². The van der Waals surface area contributed by atoms with Crippen molar-refractivity contribution in [3.05, 3.63) is 29.8 Å². The van der Waals surface area contributed by atoms with Crippen molar-refractivity contribution >= 4 is 22.4 Å². The van der Waals surface area contributed by atoms with Gasteiger partial charge in [-0.3, -0.25) is 9.00 Å². The Balaban J connectivity index is 2.27. The predicted molar refractivity (Wildman–Crippen MR) is 76.5 cm³/mol. The Morgan fingerprint density at radius 1 is 1.26 bits per heavy atom. The monoisotopic (exact) mass is 278 g/mol. The third kappa shape index (κ3) is 2.61. The van der Waals surface area contributed by atoms with E-state index < -0.39 is 10.8 Å². The standard InChI is InChI=1S/C14H18N2O2S/c1-9(2)19(18)12-7-5-11(6-8-12)13-10(3)14(17)16(4)15-13/h5-10H,1-4H3. The van der Waals surface area contributed by atoms with Crippen LogP contribution < -0.4 is 0 Å². The average Bonchev–Trinajstić information content (AvgIpc) is 2.66. The van der Waals surface area contributed by atoms with Gasteiger partial charge in [0.05, 0.1) is 22.4 Å². The van der Waals surface area contributed by atoms with Crippen LogP contribution in [0.1, 0.15) is 26.3 Å². The van der Waals surface area contributed by atoms with Gasteiger partial charge in [0.15, 0.2) is 0 Å². The average molecular weight is 278 g/mol. The van der Waals surface area contributed by atoms with Crippen molar-refractivity contribution < 1.29 is 9.00 Å². The van der Waals surface area contributed by atoms with Crippen molar-refractivity contribution in [3.8, 4) is 0 Å². The lowest BCUT2D eigenvalue weighted by Gasteiger charge is -2.08. The summed E-state index contributed by atoms with van der Waals surface area (Å²) >= 11 is 0. The number of hydrogen-bond acceptors (Lipinski definition) is 3. The number of hydrogen-bond donors (Lipinski definition) is 0. The van der Waals surface area contributed by atoms with Crippen molar-refractivity contribution in [2.45, 2.75) is 30.9 Å². The van der Waals surface area contributed by atoms with Crippen LogP contribution >= 0.6 is 0 Å². The van der Waals surface area contributed by atoms with E-state index in [1.807, 2.05) is 45.0 Å². The molecule has 4 nitrogen and oxygen atoms in total. The van der Waals surface area contributed by atoms with E-state index in [9.17, 15) is 9.00 Å². The molecule has 1 amide bonds. The van der Waals surface area contributed by atoms with Crippen LogP contribution in [0.25, 0.3) is 0 Å². The maximum atomic E-state index is 12.0. The van der Waals surface area contributed by atoms with Gasteiger partial charge >= 0.3 is 0 Å². The molecule has 1 aliphatic rings. The molecule has 0 aromatic heterocycles. The van der Waals surface area contributed by atoms with Crippen LogP contribution in [0.2, 0.25) is 0 Å². The highest BCUT2D eigenvalue weighted by atomic mass is 32.2. The Morgan fingerprint density at radius 3 is 2.26 bits per heavy atom. The fraction of sp³-hybridized carbons (Fsp3) is 0.429. The van der Waals surface area contributed by atoms with Crippen molar-refractivity contribution in [2.24, 2.45) is 11.0 Å². The van der Waals surface area contributed by atoms with Gasteiger partial charge in [-0.2, -0.15) is 5.10 Å². The Kier molecular flexibility index (Phi) is 3.85. The summed E-state index contributed by atoms with van der Waals surface area (Å²) in [4.78, 5) is 12.5. The van der Waals surface area contributed by atoms with Gasteiger partial charge in [-0.1, -0.05) is 26.0 Å². The summed E-state index contributed by atoms with van der Waals surface area (Å²) in [6.07, 6.45) is 0. The van der Waals surface area contributed by atoms with E-state index in [1.165, 1.54) is 5.01 Å². The van der Waals surface area contributed by atoms with Crippen molar-refractivity contribution in [3.63, 3.8) is 0 Å². The first-order valence-electron chi connectivity index (χ1n) is 6.29. The number of nitrogens with zero attached hydrogens (tertiary/aromatic N) is 2. The summed E-state index contributed by atoms with van der Waals surface area (Å²) in [5, 5.41) is 5.73. The molecule has 102 valence electrons. The van der Waals surface area contributed by atoms with Gasteiger partial charge in [0.1, 0.15) is 0 Å². The van der Waals surface area contributed by atoms with Gasteiger partial charge < -0.3 is 0 Å². The third-order valence-electron chi connectivity index (χ3n) is 3.17. The van der Waals surface area contributed by atoms with Gasteiger partial charge in [0.25, 0.3) is 5.91 Å². The molecule has 0 saturated heterocycles. The quantitative estimate of drug-likeness (QED) is 0.849. The first-order chi connectivity index (χ1) is 8.91. The minimum atomic E-state index is -0.985. The van der Waals surface area contributed by atoms with Gasteiger partial charge in [-0.05, 0) is 24.6 Å². The molecule has 19 heavy (non-hydrogen) atoms. The molecule has 2 rings (SSSR count). The Morgan fingerprint density at radius 2 is 1.84 bits per heavy atom. The van der Waals surface area contributed by atoms with Crippen LogP contribution in [-0.4, -0.2) is 33.1 Å². The number of amides is 1. The summed E-state index contributed by atoms with van der Waals surface area (Å²) in [7, 11) is 0.676. The third-order valence-corrected chi connectivity index (χ3v) is 4.76. The summed E-state index contributed by atoms with van der Waals surface area (Å²) in [6, 6.07) is 7.47. The van der Waals surface area contributed by atoms with E-state index >= 15 is 0 Å². The second-order valence-corrected chi connectivity index (χ2v) is 6.95. The number of hydrazone groups is 1. The lowest BCUT2D eigenvalue weighted by Crippen LogP contribution is -2.22. The largest absolute Gasteiger partial charge is 0.272 e. The van der Waals surface area contributed by atoms with Crippen LogP contribution in [0, 0.1) is 5.92 Å². The van der Waals surface area contributed by atoms with Crippen LogP contribution in [0.15, 0.2) is 34.3 Å². The summed E-state index contributed by atoms with van der Waals surface area (Å²) < 4.78 is 12.0. The van der Waals surface area contributed by atoms with E-state index in [0.717, 1.165) is 16.2 Å². The van der Waals surface area contributed by atoms with Crippen molar-refractivity contribution in [1.29, 1.82) is 0 Å². The molecule has 1 aromatic carbocycles. The molecule has 0 fully saturated rings. The smallest absolute Gasteiger partial charge is 0.251 e. The molecular weight excluding hydrogens is 260 g/mol. The second-order valence-electron chi connectivity index (χ2n) is 4.94. The molecule has 5 heteroatoms. The first kappa shape index (κ1) is 13.9. The minimum Gasteiger partial charge on any atom is -0.272 e. The van der Waals surface area contributed by atoms with E-state index in [0.29, 0.717) is 0 Å². The molecule has 1 aliphatic heterocycles. The maximum Gasteiger partial charge on any atom is 0.251 e. The SMILES string of the molecule is CC1C(=O)N(C)N=C1c1ccc(S(=O)C(C)C)cc1. The molecule has 0 saturated carbocycles.